The SMILES string of the molecule is O=C(COC1CCNCC1)OC(=O)N1CCN(c2ccncc2)CC1. The molecule has 1 aromatic heterocycles. The fourth-order valence-electron chi connectivity index (χ4n) is 3.04. The van der Waals surface area contributed by atoms with E-state index in [4.69, 9.17) is 9.47 Å². The summed E-state index contributed by atoms with van der Waals surface area (Å²) in [6.07, 6.45) is 4.71. The predicted molar refractivity (Wildman–Crippen MR) is 91.4 cm³/mol. The summed E-state index contributed by atoms with van der Waals surface area (Å²) in [7, 11) is 0. The number of hydrogen-bond donors (Lipinski definition) is 1. The molecule has 0 atom stereocenters. The van der Waals surface area contributed by atoms with Crippen LogP contribution in [0.5, 0.6) is 0 Å². The molecule has 1 amide bonds. The van der Waals surface area contributed by atoms with Crippen LogP contribution in [0.25, 0.3) is 0 Å². The molecule has 0 unspecified atom stereocenters. The Labute approximate surface area is 147 Å². The van der Waals surface area contributed by atoms with Crippen molar-refractivity contribution in [3.8, 4) is 0 Å². The zero-order valence-corrected chi connectivity index (χ0v) is 14.2. The molecule has 8 nitrogen and oxygen atoms in total. The average molecular weight is 348 g/mol. The molecule has 2 saturated heterocycles. The highest BCUT2D eigenvalue weighted by molar-refractivity contribution is 5.85. The lowest BCUT2D eigenvalue weighted by molar-refractivity contribution is -0.146. The van der Waals surface area contributed by atoms with E-state index in [2.05, 4.69) is 15.2 Å². The van der Waals surface area contributed by atoms with E-state index in [0.29, 0.717) is 26.2 Å². The highest BCUT2D eigenvalue weighted by Gasteiger charge is 2.25. The summed E-state index contributed by atoms with van der Waals surface area (Å²) in [5.41, 5.74) is 1.08. The summed E-state index contributed by atoms with van der Waals surface area (Å²) in [5.74, 6) is -0.625. The van der Waals surface area contributed by atoms with Crippen molar-refractivity contribution in [1.82, 2.24) is 15.2 Å². The van der Waals surface area contributed by atoms with Crippen LogP contribution < -0.4 is 10.2 Å². The largest absolute Gasteiger partial charge is 0.417 e. The van der Waals surface area contributed by atoms with E-state index in [9.17, 15) is 9.59 Å². The Balaban J connectivity index is 1.38. The van der Waals surface area contributed by atoms with Gasteiger partial charge in [0.1, 0.15) is 6.61 Å². The predicted octanol–water partition coefficient (Wildman–Crippen LogP) is 0.635. The number of carbonyl (C=O) groups is 2. The van der Waals surface area contributed by atoms with Crippen molar-refractivity contribution < 1.29 is 19.1 Å². The molecule has 0 aromatic carbocycles. The lowest BCUT2D eigenvalue weighted by Gasteiger charge is -2.35. The van der Waals surface area contributed by atoms with Gasteiger partial charge in [-0.15, -0.1) is 0 Å². The molecule has 3 rings (SSSR count). The number of pyridine rings is 1. The van der Waals surface area contributed by atoms with Gasteiger partial charge >= 0.3 is 12.1 Å². The van der Waals surface area contributed by atoms with Crippen LogP contribution in [0.2, 0.25) is 0 Å². The van der Waals surface area contributed by atoms with E-state index < -0.39 is 12.1 Å². The minimum Gasteiger partial charge on any atom is -0.374 e. The van der Waals surface area contributed by atoms with Crippen molar-refractivity contribution in [2.75, 3.05) is 50.8 Å². The van der Waals surface area contributed by atoms with Crippen molar-refractivity contribution in [3.05, 3.63) is 24.5 Å². The standard InChI is InChI=1S/C17H24N4O4/c22-16(13-24-15-3-7-19-8-4-15)25-17(23)21-11-9-20(10-12-21)14-1-5-18-6-2-14/h1-2,5-6,15,19H,3-4,7-13H2. The summed E-state index contributed by atoms with van der Waals surface area (Å²) < 4.78 is 10.4. The third-order valence-corrected chi connectivity index (χ3v) is 4.49. The zero-order chi connectivity index (χ0) is 17.5. The van der Waals surface area contributed by atoms with E-state index in [1.807, 2.05) is 12.1 Å². The van der Waals surface area contributed by atoms with Gasteiger partial charge in [0, 0.05) is 44.3 Å². The van der Waals surface area contributed by atoms with Crippen molar-refractivity contribution in [2.45, 2.75) is 18.9 Å². The molecule has 1 N–H and O–H groups in total. The number of rotatable bonds is 4. The Morgan fingerprint density at radius 2 is 1.80 bits per heavy atom. The Hall–Kier alpha value is -2.19. The first-order chi connectivity index (χ1) is 12.2. The first-order valence-corrected chi connectivity index (χ1v) is 8.69. The topological polar surface area (TPSA) is 84.0 Å². The molecule has 2 aliphatic heterocycles. The highest BCUT2D eigenvalue weighted by atomic mass is 16.6. The summed E-state index contributed by atoms with van der Waals surface area (Å²) in [4.78, 5) is 31.6. The molecule has 1 aromatic rings. The molecule has 136 valence electrons. The number of amides is 1. The molecular weight excluding hydrogens is 324 g/mol. The van der Waals surface area contributed by atoms with Gasteiger partial charge in [-0.1, -0.05) is 0 Å². The van der Waals surface area contributed by atoms with Crippen LogP contribution in [-0.2, 0) is 14.3 Å². The quantitative estimate of drug-likeness (QED) is 0.631. The van der Waals surface area contributed by atoms with Crippen molar-refractivity contribution in [2.24, 2.45) is 0 Å². The lowest BCUT2D eigenvalue weighted by Crippen LogP contribution is -2.49. The van der Waals surface area contributed by atoms with Crippen LogP contribution in [-0.4, -0.2) is 73.9 Å². The molecule has 2 fully saturated rings. The van der Waals surface area contributed by atoms with Crippen LogP contribution in [0.4, 0.5) is 10.5 Å². The molecule has 8 heteroatoms. The zero-order valence-electron chi connectivity index (χ0n) is 14.2. The van der Waals surface area contributed by atoms with Crippen molar-refractivity contribution in [1.29, 1.82) is 0 Å². The van der Waals surface area contributed by atoms with Gasteiger partial charge in [0.05, 0.1) is 6.10 Å². The maximum absolute atomic E-state index is 12.1. The van der Waals surface area contributed by atoms with Crippen LogP contribution in [0, 0.1) is 0 Å². The minimum absolute atomic E-state index is 0.0628. The summed E-state index contributed by atoms with van der Waals surface area (Å²) in [6.45, 7) is 4.03. The van der Waals surface area contributed by atoms with Crippen LogP contribution >= 0.6 is 0 Å². The van der Waals surface area contributed by atoms with Gasteiger partial charge in [-0.05, 0) is 38.1 Å². The third kappa shape index (κ3) is 5.14. The van der Waals surface area contributed by atoms with Gasteiger partial charge < -0.3 is 24.6 Å². The van der Waals surface area contributed by atoms with E-state index >= 15 is 0 Å². The Bertz CT molecular complexity index is 569. The van der Waals surface area contributed by atoms with Gasteiger partial charge in [-0.2, -0.15) is 0 Å². The van der Waals surface area contributed by atoms with Gasteiger partial charge in [-0.25, -0.2) is 9.59 Å². The fraction of sp³-hybridized carbons (Fsp3) is 0.588. The lowest BCUT2D eigenvalue weighted by atomic mass is 10.1. The van der Waals surface area contributed by atoms with Crippen LogP contribution in [0.1, 0.15) is 12.8 Å². The first kappa shape index (κ1) is 17.6. The minimum atomic E-state index is -0.625. The number of nitrogens with zero attached hydrogens (tertiary/aromatic N) is 3. The van der Waals surface area contributed by atoms with E-state index in [0.717, 1.165) is 31.6 Å². The molecule has 25 heavy (non-hydrogen) atoms. The van der Waals surface area contributed by atoms with E-state index in [1.165, 1.54) is 0 Å². The van der Waals surface area contributed by atoms with Gasteiger partial charge in [0.15, 0.2) is 0 Å². The van der Waals surface area contributed by atoms with Crippen LogP contribution in [0.15, 0.2) is 24.5 Å². The molecule has 2 aliphatic rings. The number of hydrogen-bond acceptors (Lipinski definition) is 7. The monoisotopic (exact) mass is 348 g/mol. The molecule has 0 bridgehead atoms. The number of nitrogens with one attached hydrogen (secondary N) is 1. The Morgan fingerprint density at radius 3 is 2.48 bits per heavy atom. The fourth-order valence-corrected chi connectivity index (χ4v) is 3.04. The summed E-state index contributed by atoms with van der Waals surface area (Å²) >= 11 is 0. The number of carbonyl (C=O) groups excluding carboxylic acids is 2. The number of piperidine rings is 1. The second-order valence-corrected chi connectivity index (χ2v) is 6.18. The number of aromatic nitrogens is 1. The number of piperazine rings is 1. The molecule has 0 spiro atoms. The van der Waals surface area contributed by atoms with Gasteiger partial charge in [-0.3, -0.25) is 4.98 Å². The molecule has 0 saturated carbocycles. The van der Waals surface area contributed by atoms with Gasteiger partial charge in [0.25, 0.3) is 0 Å². The molecule has 0 radical (unpaired) electrons. The number of esters is 1. The first-order valence-electron chi connectivity index (χ1n) is 8.69. The second-order valence-electron chi connectivity index (χ2n) is 6.18. The van der Waals surface area contributed by atoms with E-state index in [1.54, 1.807) is 17.3 Å². The van der Waals surface area contributed by atoms with Crippen molar-refractivity contribution >= 4 is 17.7 Å². The molecule has 0 aliphatic carbocycles. The Kier molecular flexibility index (Phi) is 6.19. The molecular formula is C17H24N4O4. The summed E-state index contributed by atoms with van der Waals surface area (Å²) in [5, 5.41) is 3.23. The normalized spacial score (nSPS) is 18.9. The van der Waals surface area contributed by atoms with E-state index in [-0.39, 0.29) is 12.7 Å². The van der Waals surface area contributed by atoms with Crippen LogP contribution in [0.3, 0.4) is 0 Å². The second kappa shape index (κ2) is 8.77. The van der Waals surface area contributed by atoms with Crippen molar-refractivity contribution in [3.63, 3.8) is 0 Å². The van der Waals surface area contributed by atoms with Gasteiger partial charge in [0.2, 0.25) is 0 Å². The maximum atomic E-state index is 12.1. The maximum Gasteiger partial charge on any atom is 0.417 e. The molecule has 3 heterocycles. The smallest absolute Gasteiger partial charge is 0.374 e. The summed E-state index contributed by atoms with van der Waals surface area (Å²) in [6, 6.07) is 3.88. The number of ether oxygens (including phenoxy) is 2. The highest BCUT2D eigenvalue weighted by Crippen LogP contribution is 2.15. The number of anilines is 1. The third-order valence-electron chi connectivity index (χ3n) is 4.49. The Morgan fingerprint density at radius 1 is 1.12 bits per heavy atom. The average Bonchev–Trinajstić information content (AvgIpc) is 2.68.